The number of pyridine rings is 1. The largest absolute Gasteiger partial charge is 0.394 e. The number of rotatable bonds is 3. The number of aliphatic hydroxyl groups is 3. The Hall–Kier alpha value is -1.55. The Labute approximate surface area is 85.1 Å². The molecule has 0 aliphatic rings. The summed E-state index contributed by atoms with van der Waals surface area (Å²) in [5.74, 6) is -0.876. The lowest BCUT2D eigenvalue weighted by atomic mass is 10.1. The van der Waals surface area contributed by atoms with E-state index in [1.807, 2.05) is 0 Å². The van der Waals surface area contributed by atoms with Crippen LogP contribution in [0.5, 0.6) is 0 Å². The van der Waals surface area contributed by atoms with Gasteiger partial charge < -0.3 is 15.3 Å². The molecule has 3 N–H and O–H groups in total. The molecule has 0 amide bonds. The summed E-state index contributed by atoms with van der Waals surface area (Å²) < 4.78 is 13.0. The van der Waals surface area contributed by atoms with Crippen molar-refractivity contribution in [3.05, 3.63) is 29.3 Å². The van der Waals surface area contributed by atoms with E-state index in [2.05, 4.69) is 4.98 Å². The Balaban J connectivity index is 2.98. The molecule has 1 heterocycles. The first-order valence-corrected chi connectivity index (χ1v) is 4.12. The van der Waals surface area contributed by atoms with Gasteiger partial charge in [0, 0.05) is 11.8 Å². The Morgan fingerprint density at radius 2 is 2.20 bits per heavy atom. The zero-order valence-corrected chi connectivity index (χ0v) is 7.63. The van der Waals surface area contributed by atoms with Gasteiger partial charge in [0.05, 0.1) is 6.61 Å². The van der Waals surface area contributed by atoms with Crippen molar-refractivity contribution in [3.63, 3.8) is 0 Å². The van der Waals surface area contributed by atoms with Gasteiger partial charge in [0.15, 0.2) is 11.5 Å². The predicted octanol–water partition coefficient (Wildman–Crippen LogP) is -0.521. The molecule has 80 valence electrons. The first-order valence-electron chi connectivity index (χ1n) is 4.12. The second kappa shape index (κ2) is 4.79. The number of nitrogens with zero attached hydrogens (tertiary/aromatic N) is 2. The minimum Gasteiger partial charge on any atom is -0.394 e. The summed E-state index contributed by atoms with van der Waals surface area (Å²) in [5.41, 5.74) is -0.377. The van der Waals surface area contributed by atoms with E-state index in [-0.39, 0.29) is 11.3 Å². The molecule has 0 spiro atoms. The van der Waals surface area contributed by atoms with Gasteiger partial charge in [0.25, 0.3) is 0 Å². The average molecular weight is 212 g/mol. The second-order valence-corrected chi connectivity index (χ2v) is 2.91. The Morgan fingerprint density at radius 3 is 2.67 bits per heavy atom. The first kappa shape index (κ1) is 11.5. The molecule has 0 radical (unpaired) electrons. The van der Waals surface area contributed by atoms with E-state index >= 15 is 0 Å². The fraction of sp³-hybridized carbons (Fsp3) is 0.333. The molecule has 2 atom stereocenters. The van der Waals surface area contributed by atoms with Crippen LogP contribution in [0.3, 0.4) is 0 Å². The molecule has 6 heteroatoms. The highest BCUT2D eigenvalue weighted by Gasteiger charge is 2.19. The second-order valence-electron chi connectivity index (χ2n) is 2.91. The number of halogens is 1. The third-order valence-electron chi connectivity index (χ3n) is 1.86. The van der Waals surface area contributed by atoms with Crippen molar-refractivity contribution in [3.8, 4) is 6.07 Å². The molecule has 15 heavy (non-hydrogen) atoms. The topological polar surface area (TPSA) is 97.4 Å². The molecular weight excluding hydrogens is 203 g/mol. The molecule has 2 unspecified atom stereocenters. The number of nitriles is 1. The van der Waals surface area contributed by atoms with E-state index in [0.29, 0.717) is 0 Å². The van der Waals surface area contributed by atoms with Crippen LogP contribution in [0.25, 0.3) is 0 Å². The fourth-order valence-electron chi connectivity index (χ4n) is 1.02. The van der Waals surface area contributed by atoms with Crippen LogP contribution in [0, 0.1) is 17.1 Å². The lowest BCUT2D eigenvalue weighted by molar-refractivity contribution is -0.0155. The van der Waals surface area contributed by atoms with Gasteiger partial charge in [0.2, 0.25) is 0 Å². The van der Waals surface area contributed by atoms with Crippen molar-refractivity contribution in [1.82, 2.24) is 4.98 Å². The summed E-state index contributed by atoms with van der Waals surface area (Å²) >= 11 is 0. The number of hydrogen-bond acceptors (Lipinski definition) is 5. The monoisotopic (exact) mass is 212 g/mol. The van der Waals surface area contributed by atoms with Gasteiger partial charge in [-0.25, -0.2) is 9.37 Å². The third-order valence-corrected chi connectivity index (χ3v) is 1.86. The molecular formula is C9H9FN2O3. The quantitative estimate of drug-likeness (QED) is 0.626. The van der Waals surface area contributed by atoms with Gasteiger partial charge in [-0.15, -0.1) is 0 Å². The molecule has 0 saturated carbocycles. The highest BCUT2D eigenvalue weighted by atomic mass is 19.1. The molecule has 0 aromatic carbocycles. The van der Waals surface area contributed by atoms with Crippen molar-refractivity contribution >= 4 is 0 Å². The standard InChI is InChI=1S/C9H9FN2O3/c10-6-1-5(3-12-7(6)2-11)9(15)8(14)4-13/h1,3,8-9,13-15H,4H2. The van der Waals surface area contributed by atoms with Gasteiger partial charge in [-0.3, -0.25) is 0 Å². The van der Waals surface area contributed by atoms with Crippen LogP contribution in [0.2, 0.25) is 0 Å². The Morgan fingerprint density at radius 1 is 1.53 bits per heavy atom. The zero-order chi connectivity index (χ0) is 11.4. The molecule has 1 aromatic heterocycles. The molecule has 0 fully saturated rings. The Bertz CT molecular complexity index is 391. The molecule has 1 rings (SSSR count). The molecule has 1 aromatic rings. The molecule has 0 aliphatic carbocycles. The average Bonchev–Trinajstić information content (AvgIpc) is 2.26. The number of aliphatic hydroxyl groups excluding tert-OH is 3. The van der Waals surface area contributed by atoms with E-state index in [9.17, 15) is 9.50 Å². The van der Waals surface area contributed by atoms with E-state index in [1.54, 1.807) is 0 Å². The van der Waals surface area contributed by atoms with Crippen LogP contribution in [-0.4, -0.2) is 33.0 Å². The maximum atomic E-state index is 13.0. The molecule has 0 aliphatic heterocycles. The van der Waals surface area contributed by atoms with Crippen LogP contribution >= 0.6 is 0 Å². The van der Waals surface area contributed by atoms with E-state index < -0.39 is 24.6 Å². The number of aromatic nitrogens is 1. The summed E-state index contributed by atoms with van der Waals surface area (Å²) in [6.45, 7) is -0.650. The normalized spacial score (nSPS) is 14.3. The van der Waals surface area contributed by atoms with Crippen molar-refractivity contribution in [2.75, 3.05) is 6.61 Å². The summed E-state index contributed by atoms with van der Waals surface area (Å²) in [5, 5.41) is 35.4. The van der Waals surface area contributed by atoms with Gasteiger partial charge in [-0.2, -0.15) is 5.26 Å². The predicted molar refractivity (Wildman–Crippen MR) is 47.0 cm³/mol. The van der Waals surface area contributed by atoms with Gasteiger partial charge in [0.1, 0.15) is 18.3 Å². The van der Waals surface area contributed by atoms with E-state index in [0.717, 1.165) is 12.3 Å². The fourth-order valence-corrected chi connectivity index (χ4v) is 1.02. The third kappa shape index (κ3) is 2.47. The maximum Gasteiger partial charge on any atom is 0.176 e. The van der Waals surface area contributed by atoms with Crippen LogP contribution in [0.4, 0.5) is 4.39 Å². The SMILES string of the molecule is N#Cc1ncc(C(O)C(O)CO)cc1F. The van der Waals surface area contributed by atoms with Crippen molar-refractivity contribution in [2.24, 2.45) is 0 Å². The van der Waals surface area contributed by atoms with Crippen LogP contribution in [-0.2, 0) is 0 Å². The molecule has 0 bridgehead atoms. The maximum absolute atomic E-state index is 13.0. The minimum atomic E-state index is -1.43. The lowest BCUT2D eigenvalue weighted by Crippen LogP contribution is -2.22. The molecule has 0 saturated heterocycles. The van der Waals surface area contributed by atoms with Gasteiger partial charge in [-0.1, -0.05) is 0 Å². The van der Waals surface area contributed by atoms with Crippen molar-refractivity contribution < 1.29 is 19.7 Å². The van der Waals surface area contributed by atoms with Crippen LogP contribution in [0.15, 0.2) is 12.3 Å². The zero-order valence-electron chi connectivity index (χ0n) is 7.63. The Kier molecular flexibility index (Phi) is 3.68. The highest BCUT2D eigenvalue weighted by Crippen LogP contribution is 2.17. The summed E-state index contributed by atoms with van der Waals surface area (Å²) in [4.78, 5) is 3.45. The van der Waals surface area contributed by atoms with Gasteiger partial charge >= 0.3 is 0 Å². The molecule has 5 nitrogen and oxygen atoms in total. The van der Waals surface area contributed by atoms with Crippen LogP contribution < -0.4 is 0 Å². The van der Waals surface area contributed by atoms with Crippen molar-refractivity contribution in [1.29, 1.82) is 5.26 Å². The van der Waals surface area contributed by atoms with Crippen molar-refractivity contribution in [2.45, 2.75) is 12.2 Å². The summed E-state index contributed by atoms with van der Waals surface area (Å²) in [6.07, 6.45) is -1.76. The van der Waals surface area contributed by atoms with Crippen LogP contribution in [0.1, 0.15) is 17.4 Å². The lowest BCUT2D eigenvalue weighted by Gasteiger charge is -2.15. The van der Waals surface area contributed by atoms with E-state index in [1.165, 1.54) is 6.07 Å². The first-order chi connectivity index (χ1) is 7.10. The minimum absolute atomic E-state index is 0.00745. The smallest absolute Gasteiger partial charge is 0.176 e. The highest BCUT2D eigenvalue weighted by molar-refractivity contribution is 5.26. The summed E-state index contributed by atoms with van der Waals surface area (Å²) in [6, 6.07) is 2.42. The number of hydrogen-bond donors (Lipinski definition) is 3. The summed E-state index contributed by atoms with van der Waals surface area (Å²) in [7, 11) is 0. The van der Waals surface area contributed by atoms with Gasteiger partial charge in [-0.05, 0) is 6.07 Å². The van der Waals surface area contributed by atoms with E-state index in [4.69, 9.17) is 15.5 Å².